The Balaban J connectivity index is 2.50. The molecule has 0 aliphatic carbocycles. The van der Waals surface area contributed by atoms with Crippen LogP contribution in [0.4, 0.5) is 14.9 Å². The number of halogens is 1. The van der Waals surface area contributed by atoms with E-state index in [0.717, 1.165) is 0 Å². The van der Waals surface area contributed by atoms with Crippen molar-refractivity contribution in [1.29, 1.82) is 0 Å². The molecule has 0 aliphatic rings. The van der Waals surface area contributed by atoms with E-state index in [1.54, 1.807) is 19.9 Å². The summed E-state index contributed by atoms with van der Waals surface area (Å²) in [6.07, 6.45) is 0. The van der Waals surface area contributed by atoms with Crippen LogP contribution in [0.25, 0.3) is 0 Å². The van der Waals surface area contributed by atoms with E-state index >= 15 is 0 Å². The molecule has 0 saturated heterocycles. The molecular formula is C11H15FN2O2. The number of benzene rings is 1. The fourth-order valence-electron chi connectivity index (χ4n) is 1.03. The zero-order chi connectivity index (χ0) is 12.2. The Bertz CT molecular complexity index is 374. The van der Waals surface area contributed by atoms with Crippen molar-refractivity contribution in [1.82, 2.24) is 5.32 Å². The van der Waals surface area contributed by atoms with Crippen LogP contribution in [0.5, 0.6) is 0 Å². The molecule has 1 aromatic rings. The van der Waals surface area contributed by atoms with E-state index in [4.69, 9.17) is 0 Å². The first-order valence-corrected chi connectivity index (χ1v) is 4.90. The summed E-state index contributed by atoms with van der Waals surface area (Å²) in [5, 5.41) is 14.1. The van der Waals surface area contributed by atoms with Gasteiger partial charge < -0.3 is 15.7 Å². The zero-order valence-electron chi connectivity index (χ0n) is 9.25. The molecule has 16 heavy (non-hydrogen) atoms. The SMILES string of the molecule is CC(C)(O)CNC(=O)Nc1ccccc1F. The molecule has 0 radical (unpaired) electrons. The number of hydrogen-bond donors (Lipinski definition) is 3. The summed E-state index contributed by atoms with van der Waals surface area (Å²) in [6.45, 7) is 3.22. The van der Waals surface area contributed by atoms with Crippen LogP contribution >= 0.6 is 0 Å². The normalized spacial score (nSPS) is 11.0. The summed E-state index contributed by atoms with van der Waals surface area (Å²) in [7, 11) is 0. The lowest BCUT2D eigenvalue weighted by Gasteiger charge is -2.17. The van der Waals surface area contributed by atoms with E-state index in [2.05, 4.69) is 10.6 Å². The van der Waals surface area contributed by atoms with Crippen LogP contribution in [-0.2, 0) is 0 Å². The van der Waals surface area contributed by atoms with Gasteiger partial charge in [0.15, 0.2) is 0 Å². The predicted molar refractivity (Wildman–Crippen MR) is 59.7 cm³/mol. The van der Waals surface area contributed by atoms with Gasteiger partial charge in [0.25, 0.3) is 0 Å². The van der Waals surface area contributed by atoms with Crippen LogP contribution in [0.1, 0.15) is 13.8 Å². The number of nitrogens with one attached hydrogen (secondary N) is 2. The van der Waals surface area contributed by atoms with Gasteiger partial charge in [-0.3, -0.25) is 0 Å². The molecule has 0 spiro atoms. The van der Waals surface area contributed by atoms with E-state index in [0.29, 0.717) is 0 Å². The monoisotopic (exact) mass is 226 g/mol. The standard InChI is InChI=1S/C11H15FN2O2/c1-11(2,16)7-13-10(15)14-9-6-4-3-5-8(9)12/h3-6,16H,7H2,1-2H3,(H2,13,14,15). The first-order chi connectivity index (χ1) is 7.38. The Labute approximate surface area is 93.5 Å². The minimum Gasteiger partial charge on any atom is -0.389 e. The number of para-hydroxylation sites is 1. The molecule has 1 rings (SSSR count). The quantitative estimate of drug-likeness (QED) is 0.734. The van der Waals surface area contributed by atoms with Gasteiger partial charge in [0.2, 0.25) is 0 Å². The van der Waals surface area contributed by atoms with Gasteiger partial charge in [-0.1, -0.05) is 12.1 Å². The van der Waals surface area contributed by atoms with Crippen LogP contribution < -0.4 is 10.6 Å². The highest BCUT2D eigenvalue weighted by Crippen LogP contribution is 2.11. The van der Waals surface area contributed by atoms with Crippen LogP contribution in [0.2, 0.25) is 0 Å². The van der Waals surface area contributed by atoms with Crippen molar-refractivity contribution < 1.29 is 14.3 Å². The Morgan fingerprint density at radius 2 is 2.06 bits per heavy atom. The Morgan fingerprint density at radius 3 is 2.62 bits per heavy atom. The zero-order valence-corrected chi connectivity index (χ0v) is 9.25. The molecule has 88 valence electrons. The van der Waals surface area contributed by atoms with Crippen molar-refractivity contribution in [2.45, 2.75) is 19.4 Å². The number of amides is 2. The maximum absolute atomic E-state index is 13.1. The molecule has 1 aromatic carbocycles. The van der Waals surface area contributed by atoms with E-state index in [1.807, 2.05) is 0 Å². The van der Waals surface area contributed by atoms with E-state index < -0.39 is 17.4 Å². The molecule has 2 amide bonds. The third kappa shape index (κ3) is 4.27. The maximum atomic E-state index is 13.1. The fourth-order valence-corrected chi connectivity index (χ4v) is 1.03. The molecule has 0 bridgehead atoms. The number of rotatable bonds is 3. The van der Waals surface area contributed by atoms with Crippen molar-refractivity contribution in [3.8, 4) is 0 Å². The summed E-state index contributed by atoms with van der Waals surface area (Å²) < 4.78 is 13.1. The number of hydrogen-bond acceptors (Lipinski definition) is 2. The Hall–Kier alpha value is -1.62. The molecule has 0 heterocycles. The topological polar surface area (TPSA) is 61.4 Å². The smallest absolute Gasteiger partial charge is 0.319 e. The molecule has 4 nitrogen and oxygen atoms in total. The highest BCUT2D eigenvalue weighted by atomic mass is 19.1. The number of carbonyl (C=O) groups is 1. The molecule has 5 heteroatoms. The minimum absolute atomic E-state index is 0.0906. The lowest BCUT2D eigenvalue weighted by atomic mass is 10.1. The largest absolute Gasteiger partial charge is 0.389 e. The van der Waals surface area contributed by atoms with Gasteiger partial charge in [-0.15, -0.1) is 0 Å². The lowest BCUT2D eigenvalue weighted by molar-refractivity contribution is 0.0826. The van der Waals surface area contributed by atoms with Crippen LogP contribution in [0, 0.1) is 5.82 Å². The predicted octanol–water partition coefficient (Wildman–Crippen LogP) is 1.72. The van der Waals surface area contributed by atoms with Gasteiger partial charge in [0.05, 0.1) is 11.3 Å². The molecule has 3 N–H and O–H groups in total. The van der Waals surface area contributed by atoms with Crippen molar-refractivity contribution in [3.63, 3.8) is 0 Å². The first kappa shape index (κ1) is 12.4. The average molecular weight is 226 g/mol. The van der Waals surface area contributed by atoms with Crippen LogP contribution in [-0.4, -0.2) is 23.3 Å². The fraction of sp³-hybridized carbons (Fsp3) is 0.364. The van der Waals surface area contributed by atoms with Crippen molar-refractivity contribution >= 4 is 11.7 Å². The molecule has 0 fully saturated rings. The highest BCUT2D eigenvalue weighted by molar-refractivity contribution is 5.89. The first-order valence-electron chi connectivity index (χ1n) is 4.90. The molecule has 0 aromatic heterocycles. The lowest BCUT2D eigenvalue weighted by Crippen LogP contribution is -2.40. The second-order valence-electron chi connectivity index (χ2n) is 4.10. The summed E-state index contributed by atoms with van der Waals surface area (Å²) in [6, 6.07) is 5.32. The minimum atomic E-state index is -0.993. The molecule has 0 unspecified atom stereocenters. The van der Waals surface area contributed by atoms with Gasteiger partial charge in [-0.2, -0.15) is 0 Å². The van der Waals surface area contributed by atoms with Crippen LogP contribution in [0.3, 0.4) is 0 Å². The Kier molecular flexibility index (Phi) is 3.84. The highest BCUT2D eigenvalue weighted by Gasteiger charge is 2.14. The van der Waals surface area contributed by atoms with Gasteiger partial charge in [0.1, 0.15) is 5.82 Å². The second-order valence-corrected chi connectivity index (χ2v) is 4.10. The van der Waals surface area contributed by atoms with E-state index in [-0.39, 0.29) is 12.2 Å². The third-order valence-corrected chi connectivity index (χ3v) is 1.80. The number of aliphatic hydroxyl groups is 1. The average Bonchev–Trinajstić information content (AvgIpc) is 2.18. The van der Waals surface area contributed by atoms with Crippen molar-refractivity contribution in [2.24, 2.45) is 0 Å². The van der Waals surface area contributed by atoms with Crippen molar-refractivity contribution in [3.05, 3.63) is 30.1 Å². The second kappa shape index (κ2) is 4.94. The van der Waals surface area contributed by atoms with E-state index in [9.17, 15) is 14.3 Å². The number of carbonyl (C=O) groups excluding carboxylic acids is 1. The van der Waals surface area contributed by atoms with Gasteiger partial charge in [-0.25, -0.2) is 9.18 Å². The Morgan fingerprint density at radius 1 is 1.44 bits per heavy atom. The summed E-state index contributed by atoms with van der Waals surface area (Å²) in [4.78, 5) is 11.3. The van der Waals surface area contributed by atoms with Gasteiger partial charge in [0, 0.05) is 6.54 Å². The number of anilines is 1. The van der Waals surface area contributed by atoms with Gasteiger partial charge >= 0.3 is 6.03 Å². The molecule has 0 atom stereocenters. The molecular weight excluding hydrogens is 211 g/mol. The number of urea groups is 1. The van der Waals surface area contributed by atoms with E-state index in [1.165, 1.54) is 18.2 Å². The van der Waals surface area contributed by atoms with Crippen molar-refractivity contribution in [2.75, 3.05) is 11.9 Å². The summed E-state index contributed by atoms with van der Waals surface area (Å²) in [5.41, 5.74) is -0.886. The van der Waals surface area contributed by atoms with Gasteiger partial charge in [-0.05, 0) is 26.0 Å². The molecule has 0 saturated carbocycles. The third-order valence-electron chi connectivity index (χ3n) is 1.80. The van der Waals surface area contributed by atoms with Crippen LogP contribution in [0.15, 0.2) is 24.3 Å². The molecule has 0 aliphatic heterocycles. The maximum Gasteiger partial charge on any atom is 0.319 e. The summed E-state index contributed by atoms with van der Waals surface area (Å²) in [5.74, 6) is -0.499. The summed E-state index contributed by atoms with van der Waals surface area (Å²) >= 11 is 0.